The van der Waals surface area contributed by atoms with Crippen LogP contribution >= 0.6 is 11.6 Å². The lowest BCUT2D eigenvalue weighted by Gasteiger charge is -2.36. The molecule has 1 aliphatic heterocycles. The fourth-order valence-electron chi connectivity index (χ4n) is 3.37. The Kier molecular flexibility index (Phi) is 6.87. The van der Waals surface area contributed by atoms with Gasteiger partial charge in [-0.25, -0.2) is 0 Å². The molecule has 1 fully saturated rings. The van der Waals surface area contributed by atoms with Crippen molar-refractivity contribution in [3.8, 4) is 5.75 Å². The zero-order chi connectivity index (χ0) is 21.7. The van der Waals surface area contributed by atoms with Crippen LogP contribution in [-0.4, -0.2) is 48.5 Å². The lowest BCUT2D eigenvalue weighted by atomic mass is 10.1. The standard InChI is InChI=1S/C23H28ClN3O3/c1-4-21(28)27-14-12-26(13-15-27)20-11-10-17(16-19(20)24)25-22(29)23(2,3)30-18-8-6-5-7-9-18/h5-11,16H,4,12-15H2,1-3H3,(H,25,29). The van der Waals surface area contributed by atoms with E-state index in [2.05, 4.69) is 10.2 Å². The van der Waals surface area contributed by atoms with Crippen LogP contribution in [0.1, 0.15) is 27.2 Å². The van der Waals surface area contributed by atoms with Gasteiger partial charge in [-0.3, -0.25) is 9.59 Å². The third-order valence-electron chi connectivity index (χ3n) is 5.14. The van der Waals surface area contributed by atoms with Gasteiger partial charge in [0.1, 0.15) is 5.75 Å². The van der Waals surface area contributed by atoms with Crippen molar-refractivity contribution in [3.05, 3.63) is 53.6 Å². The number of nitrogens with one attached hydrogen (secondary N) is 1. The third kappa shape index (κ3) is 5.25. The minimum absolute atomic E-state index is 0.180. The Morgan fingerprint density at radius 3 is 2.33 bits per heavy atom. The van der Waals surface area contributed by atoms with Crippen LogP contribution in [0.5, 0.6) is 5.75 Å². The minimum Gasteiger partial charge on any atom is -0.478 e. The van der Waals surface area contributed by atoms with Crippen molar-refractivity contribution in [2.75, 3.05) is 36.4 Å². The number of hydrogen-bond acceptors (Lipinski definition) is 4. The molecule has 30 heavy (non-hydrogen) atoms. The number of para-hydroxylation sites is 1. The molecule has 2 amide bonds. The molecular weight excluding hydrogens is 402 g/mol. The summed E-state index contributed by atoms with van der Waals surface area (Å²) in [5.41, 5.74) is 0.464. The number of nitrogens with zero attached hydrogens (tertiary/aromatic N) is 2. The van der Waals surface area contributed by atoms with Crippen molar-refractivity contribution in [1.82, 2.24) is 4.90 Å². The molecule has 6 nitrogen and oxygen atoms in total. The smallest absolute Gasteiger partial charge is 0.267 e. The van der Waals surface area contributed by atoms with Gasteiger partial charge in [-0.2, -0.15) is 0 Å². The molecule has 0 spiro atoms. The number of piperazine rings is 1. The number of halogens is 1. The maximum atomic E-state index is 12.7. The van der Waals surface area contributed by atoms with Gasteiger partial charge in [0.05, 0.1) is 10.7 Å². The van der Waals surface area contributed by atoms with Crippen LogP contribution in [0.25, 0.3) is 0 Å². The molecule has 0 atom stereocenters. The third-order valence-corrected chi connectivity index (χ3v) is 5.45. The molecule has 2 aromatic carbocycles. The van der Waals surface area contributed by atoms with E-state index in [0.717, 1.165) is 18.8 Å². The van der Waals surface area contributed by atoms with Gasteiger partial charge in [-0.15, -0.1) is 0 Å². The number of anilines is 2. The maximum absolute atomic E-state index is 12.7. The van der Waals surface area contributed by atoms with Gasteiger partial charge in [0, 0.05) is 38.3 Å². The first-order chi connectivity index (χ1) is 14.3. The first kappa shape index (κ1) is 22.0. The van der Waals surface area contributed by atoms with Gasteiger partial charge >= 0.3 is 0 Å². The zero-order valence-electron chi connectivity index (χ0n) is 17.7. The number of carbonyl (C=O) groups is 2. The average Bonchev–Trinajstić information content (AvgIpc) is 2.74. The highest BCUT2D eigenvalue weighted by atomic mass is 35.5. The SMILES string of the molecule is CCC(=O)N1CCN(c2ccc(NC(=O)C(C)(C)Oc3ccccc3)cc2Cl)CC1. The number of amides is 2. The highest BCUT2D eigenvalue weighted by Crippen LogP contribution is 2.30. The van der Waals surface area contributed by atoms with E-state index in [9.17, 15) is 9.59 Å². The number of benzene rings is 2. The average molecular weight is 430 g/mol. The second-order valence-corrected chi connectivity index (χ2v) is 8.17. The molecule has 1 heterocycles. The van der Waals surface area contributed by atoms with Crippen molar-refractivity contribution in [1.29, 1.82) is 0 Å². The van der Waals surface area contributed by atoms with Crippen molar-refractivity contribution in [2.45, 2.75) is 32.8 Å². The highest BCUT2D eigenvalue weighted by Gasteiger charge is 2.30. The Morgan fingerprint density at radius 1 is 1.07 bits per heavy atom. The topological polar surface area (TPSA) is 61.9 Å². The van der Waals surface area contributed by atoms with E-state index in [1.54, 1.807) is 19.9 Å². The van der Waals surface area contributed by atoms with E-state index in [4.69, 9.17) is 16.3 Å². The molecule has 0 aliphatic carbocycles. The summed E-state index contributed by atoms with van der Waals surface area (Å²) in [6.07, 6.45) is 0.527. The Balaban J connectivity index is 1.62. The van der Waals surface area contributed by atoms with Gasteiger partial charge in [0.2, 0.25) is 5.91 Å². The Bertz CT molecular complexity index is 894. The molecule has 2 aromatic rings. The number of hydrogen-bond donors (Lipinski definition) is 1. The molecular formula is C23H28ClN3O3. The summed E-state index contributed by atoms with van der Waals surface area (Å²) in [6.45, 7) is 8.17. The van der Waals surface area contributed by atoms with E-state index in [1.807, 2.05) is 54.3 Å². The molecule has 1 aliphatic rings. The summed E-state index contributed by atoms with van der Waals surface area (Å²) >= 11 is 6.51. The van der Waals surface area contributed by atoms with Gasteiger partial charge < -0.3 is 19.9 Å². The summed E-state index contributed by atoms with van der Waals surface area (Å²) in [5.74, 6) is 0.549. The van der Waals surface area contributed by atoms with Crippen LogP contribution < -0.4 is 15.0 Å². The molecule has 0 saturated carbocycles. The second-order valence-electron chi connectivity index (χ2n) is 7.77. The lowest BCUT2D eigenvalue weighted by Crippen LogP contribution is -2.48. The minimum atomic E-state index is -1.05. The van der Waals surface area contributed by atoms with Gasteiger partial charge in [-0.1, -0.05) is 36.7 Å². The Labute approximate surface area is 182 Å². The predicted molar refractivity (Wildman–Crippen MR) is 120 cm³/mol. The molecule has 1 N–H and O–H groups in total. The molecule has 0 aromatic heterocycles. The van der Waals surface area contributed by atoms with Crippen molar-refractivity contribution in [3.63, 3.8) is 0 Å². The predicted octanol–water partition coefficient (Wildman–Crippen LogP) is 4.19. The second kappa shape index (κ2) is 9.39. The van der Waals surface area contributed by atoms with Crippen LogP contribution in [0.3, 0.4) is 0 Å². The van der Waals surface area contributed by atoms with E-state index in [-0.39, 0.29) is 11.8 Å². The molecule has 0 radical (unpaired) electrons. The quantitative estimate of drug-likeness (QED) is 0.747. The van der Waals surface area contributed by atoms with Crippen molar-refractivity contribution >= 4 is 34.8 Å². The van der Waals surface area contributed by atoms with E-state index in [1.165, 1.54) is 0 Å². The van der Waals surface area contributed by atoms with Crippen molar-refractivity contribution in [2.24, 2.45) is 0 Å². The Hall–Kier alpha value is -2.73. The Morgan fingerprint density at radius 2 is 1.73 bits per heavy atom. The highest BCUT2D eigenvalue weighted by molar-refractivity contribution is 6.33. The molecule has 3 rings (SSSR count). The van der Waals surface area contributed by atoms with E-state index in [0.29, 0.717) is 36.0 Å². The summed E-state index contributed by atoms with van der Waals surface area (Å²) in [5, 5.41) is 3.44. The summed E-state index contributed by atoms with van der Waals surface area (Å²) in [7, 11) is 0. The number of carbonyl (C=O) groups excluding carboxylic acids is 2. The molecule has 7 heteroatoms. The maximum Gasteiger partial charge on any atom is 0.267 e. The molecule has 160 valence electrons. The van der Waals surface area contributed by atoms with Crippen LogP contribution in [0.2, 0.25) is 5.02 Å². The largest absolute Gasteiger partial charge is 0.478 e. The monoisotopic (exact) mass is 429 g/mol. The van der Waals surface area contributed by atoms with Crippen LogP contribution in [0, 0.1) is 0 Å². The first-order valence-corrected chi connectivity index (χ1v) is 10.6. The number of rotatable bonds is 6. The summed E-state index contributed by atoms with van der Waals surface area (Å²) < 4.78 is 5.84. The number of ether oxygens (including phenoxy) is 1. The molecule has 0 unspecified atom stereocenters. The summed E-state index contributed by atoms with van der Waals surface area (Å²) in [4.78, 5) is 28.6. The van der Waals surface area contributed by atoms with Crippen LogP contribution in [0.4, 0.5) is 11.4 Å². The zero-order valence-corrected chi connectivity index (χ0v) is 18.4. The fourth-order valence-corrected chi connectivity index (χ4v) is 3.67. The fraction of sp³-hybridized carbons (Fsp3) is 0.391. The van der Waals surface area contributed by atoms with Crippen molar-refractivity contribution < 1.29 is 14.3 Å². The summed E-state index contributed by atoms with van der Waals surface area (Å²) in [6, 6.07) is 14.7. The molecule has 0 bridgehead atoms. The van der Waals surface area contributed by atoms with E-state index >= 15 is 0 Å². The van der Waals surface area contributed by atoms with Gasteiger partial charge in [0.15, 0.2) is 5.60 Å². The van der Waals surface area contributed by atoms with Gasteiger partial charge in [-0.05, 0) is 44.2 Å². The lowest BCUT2D eigenvalue weighted by molar-refractivity contribution is -0.131. The van der Waals surface area contributed by atoms with Gasteiger partial charge in [0.25, 0.3) is 5.91 Å². The van der Waals surface area contributed by atoms with Crippen LogP contribution in [0.15, 0.2) is 48.5 Å². The first-order valence-electron chi connectivity index (χ1n) is 10.2. The van der Waals surface area contributed by atoms with E-state index < -0.39 is 5.60 Å². The molecule has 1 saturated heterocycles. The normalized spacial score (nSPS) is 14.4. The van der Waals surface area contributed by atoms with Crippen LogP contribution in [-0.2, 0) is 9.59 Å².